The zero-order chi connectivity index (χ0) is 12.3. The van der Waals surface area contributed by atoms with Crippen molar-refractivity contribution in [2.24, 2.45) is 0 Å². The topological polar surface area (TPSA) is 41.9 Å². The van der Waals surface area contributed by atoms with E-state index in [1.807, 2.05) is 13.8 Å². The van der Waals surface area contributed by atoms with Crippen molar-refractivity contribution in [2.75, 3.05) is 32.8 Å². The lowest BCUT2D eigenvalue weighted by Crippen LogP contribution is -2.57. The predicted octanol–water partition coefficient (Wildman–Crippen LogP) is 1.03. The molecule has 0 amide bonds. The molecule has 0 aromatic rings. The molecule has 1 heterocycles. The molecule has 1 N–H and O–H groups in total. The van der Waals surface area contributed by atoms with Crippen LogP contribution in [0.4, 0.5) is 0 Å². The van der Waals surface area contributed by atoms with E-state index in [0.717, 1.165) is 19.7 Å². The number of morpholine rings is 1. The van der Waals surface area contributed by atoms with Gasteiger partial charge in [0.2, 0.25) is 0 Å². The highest BCUT2D eigenvalue weighted by Gasteiger charge is 2.42. The lowest BCUT2D eigenvalue weighted by atomic mass is 9.79. The second kappa shape index (κ2) is 5.65. The molecule has 0 bridgehead atoms. The Kier molecular flexibility index (Phi) is 4.42. The normalized spacial score (nSPS) is 26.1. The monoisotopic (exact) mass is 243 g/mol. The third-order valence-electron chi connectivity index (χ3n) is 3.68. The van der Waals surface area contributed by atoms with Crippen LogP contribution in [0.2, 0.25) is 0 Å². The zero-order valence-electron chi connectivity index (χ0n) is 11.0. The minimum Gasteiger partial charge on any atom is -0.389 e. The van der Waals surface area contributed by atoms with Gasteiger partial charge < -0.3 is 14.6 Å². The van der Waals surface area contributed by atoms with E-state index in [2.05, 4.69) is 4.90 Å². The Hall–Kier alpha value is -0.160. The van der Waals surface area contributed by atoms with Crippen LogP contribution >= 0.6 is 0 Å². The van der Waals surface area contributed by atoms with Crippen LogP contribution in [0.3, 0.4) is 0 Å². The lowest BCUT2D eigenvalue weighted by Gasteiger charge is -2.48. The number of aliphatic hydroxyl groups is 1. The Morgan fingerprint density at radius 3 is 2.76 bits per heavy atom. The molecule has 4 heteroatoms. The van der Waals surface area contributed by atoms with Gasteiger partial charge in [-0.05, 0) is 33.1 Å². The van der Waals surface area contributed by atoms with Crippen molar-refractivity contribution in [1.82, 2.24) is 4.90 Å². The molecule has 100 valence electrons. The van der Waals surface area contributed by atoms with E-state index < -0.39 is 0 Å². The van der Waals surface area contributed by atoms with Crippen LogP contribution in [0, 0.1) is 0 Å². The Morgan fingerprint density at radius 1 is 1.41 bits per heavy atom. The Labute approximate surface area is 104 Å². The number of ether oxygens (including phenoxy) is 2. The molecule has 1 saturated carbocycles. The van der Waals surface area contributed by atoms with Crippen LogP contribution in [0.5, 0.6) is 0 Å². The molecule has 1 atom stereocenters. The molecule has 17 heavy (non-hydrogen) atoms. The molecule has 2 aliphatic rings. The zero-order valence-corrected chi connectivity index (χ0v) is 11.0. The smallest absolute Gasteiger partial charge is 0.0900 e. The van der Waals surface area contributed by atoms with Crippen molar-refractivity contribution in [3.63, 3.8) is 0 Å². The van der Waals surface area contributed by atoms with Crippen molar-refractivity contribution in [3.8, 4) is 0 Å². The third-order valence-corrected chi connectivity index (χ3v) is 3.68. The number of hydrogen-bond acceptors (Lipinski definition) is 4. The first-order chi connectivity index (χ1) is 8.10. The fraction of sp³-hybridized carbons (Fsp3) is 1.00. The van der Waals surface area contributed by atoms with Gasteiger partial charge in [0.15, 0.2) is 0 Å². The highest BCUT2D eigenvalue weighted by atomic mass is 16.5. The van der Waals surface area contributed by atoms with Gasteiger partial charge >= 0.3 is 0 Å². The number of aliphatic hydroxyl groups excluding tert-OH is 1. The minimum atomic E-state index is -0.382. The second-order valence-corrected chi connectivity index (χ2v) is 5.66. The van der Waals surface area contributed by atoms with Gasteiger partial charge in [-0.2, -0.15) is 0 Å². The van der Waals surface area contributed by atoms with Gasteiger partial charge in [-0.1, -0.05) is 0 Å². The molecule has 2 fully saturated rings. The first-order valence-electron chi connectivity index (χ1n) is 6.76. The SMILES string of the molecule is CC(C)OCC(O)CN1CCOC2(CCC2)C1. The number of nitrogens with zero attached hydrogens (tertiary/aromatic N) is 1. The molecule has 2 rings (SSSR count). The summed E-state index contributed by atoms with van der Waals surface area (Å²) >= 11 is 0. The summed E-state index contributed by atoms with van der Waals surface area (Å²) in [5, 5.41) is 9.90. The number of hydrogen-bond donors (Lipinski definition) is 1. The van der Waals surface area contributed by atoms with E-state index in [4.69, 9.17) is 9.47 Å². The van der Waals surface area contributed by atoms with E-state index in [1.54, 1.807) is 0 Å². The molecule has 4 nitrogen and oxygen atoms in total. The standard InChI is InChI=1S/C13H25NO3/c1-11(2)16-9-12(15)8-14-6-7-17-13(10-14)4-3-5-13/h11-12,15H,3-10H2,1-2H3. The third kappa shape index (κ3) is 3.65. The van der Waals surface area contributed by atoms with Gasteiger partial charge in [0.1, 0.15) is 0 Å². The van der Waals surface area contributed by atoms with Crippen molar-refractivity contribution in [1.29, 1.82) is 0 Å². The summed E-state index contributed by atoms with van der Waals surface area (Å²) < 4.78 is 11.3. The van der Waals surface area contributed by atoms with Gasteiger partial charge in [-0.3, -0.25) is 4.90 Å². The van der Waals surface area contributed by atoms with E-state index in [-0.39, 0.29) is 17.8 Å². The maximum atomic E-state index is 9.90. The Morgan fingerprint density at radius 2 is 2.18 bits per heavy atom. The highest BCUT2D eigenvalue weighted by Crippen LogP contribution is 2.38. The van der Waals surface area contributed by atoms with Crippen LogP contribution in [-0.4, -0.2) is 60.7 Å². The second-order valence-electron chi connectivity index (χ2n) is 5.66. The summed E-state index contributed by atoms with van der Waals surface area (Å²) in [6.07, 6.45) is 3.46. The van der Waals surface area contributed by atoms with Crippen molar-refractivity contribution >= 4 is 0 Å². The molecule has 0 radical (unpaired) electrons. The maximum Gasteiger partial charge on any atom is 0.0900 e. The molecule has 1 spiro atoms. The first kappa shape index (κ1) is 13.3. The van der Waals surface area contributed by atoms with Gasteiger partial charge in [-0.25, -0.2) is 0 Å². The van der Waals surface area contributed by atoms with Crippen LogP contribution in [0.25, 0.3) is 0 Å². The molecule has 0 aromatic heterocycles. The van der Waals surface area contributed by atoms with E-state index >= 15 is 0 Å². The molecular weight excluding hydrogens is 218 g/mol. The largest absolute Gasteiger partial charge is 0.389 e. The molecule has 1 aliphatic carbocycles. The van der Waals surface area contributed by atoms with Gasteiger partial charge in [0, 0.05) is 19.6 Å². The van der Waals surface area contributed by atoms with Crippen LogP contribution in [-0.2, 0) is 9.47 Å². The van der Waals surface area contributed by atoms with Gasteiger partial charge in [0.05, 0.1) is 31.0 Å². The van der Waals surface area contributed by atoms with Gasteiger partial charge in [0.25, 0.3) is 0 Å². The van der Waals surface area contributed by atoms with E-state index in [1.165, 1.54) is 19.3 Å². The molecule has 1 aliphatic heterocycles. The Balaban J connectivity index is 1.71. The van der Waals surface area contributed by atoms with Crippen LogP contribution < -0.4 is 0 Å². The summed E-state index contributed by atoms with van der Waals surface area (Å²) in [5.74, 6) is 0. The molecule has 1 unspecified atom stereocenters. The number of rotatable bonds is 5. The number of β-amino-alcohol motifs (C(OH)–C–C–N with tert-alkyl or cyclic N) is 1. The summed E-state index contributed by atoms with van der Waals surface area (Å²) in [6.45, 7) is 7.83. The van der Waals surface area contributed by atoms with Crippen molar-refractivity contribution in [2.45, 2.75) is 50.9 Å². The first-order valence-corrected chi connectivity index (χ1v) is 6.76. The van der Waals surface area contributed by atoms with Crippen molar-refractivity contribution < 1.29 is 14.6 Å². The predicted molar refractivity (Wildman–Crippen MR) is 66.1 cm³/mol. The lowest BCUT2D eigenvalue weighted by molar-refractivity contribution is -0.156. The molecule has 0 aromatic carbocycles. The summed E-state index contributed by atoms with van der Waals surface area (Å²) in [7, 11) is 0. The summed E-state index contributed by atoms with van der Waals surface area (Å²) in [4.78, 5) is 2.32. The average molecular weight is 243 g/mol. The van der Waals surface area contributed by atoms with Crippen molar-refractivity contribution in [3.05, 3.63) is 0 Å². The minimum absolute atomic E-state index is 0.122. The maximum absolute atomic E-state index is 9.90. The van der Waals surface area contributed by atoms with Gasteiger partial charge in [-0.15, -0.1) is 0 Å². The average Bonchev–Trinajstić information content (AvgIpc) is 2.25. The highest BCUT2D eigenvalue weighted by molar-refractivity contribution is 4.95. The van der Waals surface area contributed by atoms with Crippen LogP contribution in [0.1, 0.15) is 33.1 Å². The van der Waals surface area contributed by atoms with E-state index in [9.17, 15) is 5.11 Å². The fourth-order valence-electron chi connectivity index (χ4n) is 2.61. The molecular formula is C13H25NO3. The van der Waals surface area contributed by atoms with E-state index in [0.29, 0.717) is 13.2 Å². The fourth-order valence-corrected chi connectivity index (χ4v) is 2.61. The Bertz CT molecular complexity index is 241. The summed E-state index contributed by atoms with van der Waals surface area (Å²) in [5.41, 5.74) is 0.122. The van der Waals surface area contributed by atoms with Crippen LogP contribution in [0.15, 0.2) is 0 Å². The summed E-state index contributed by atoms with van der Waals surface area (Å²) in [6, 6.07) is 0. The molecule has 1 saturated heterocycles. The quantitative estimate of drug-likeness (QED) is 0.783.